The molecule has 0 bridgehead atoms. The highest BCUT2D eigenvalue weighted by molar-refractivity contribution is 5.94. The lowest BCUT2D eigenvalue weighted by Gasteiger charge is -2.07. The van der Waals surface area contributed by atoms with Crippen LogP contribution in [0.25, 0.3) is 11.3 Å². The lowest BCUT2D eigenvalue weighted by molar-refractivity contribution is -0.124. The fourth-order valence-electron chi connectivity index (χ4n) is 2.39. The Morgan fingerprint density at radius 3 is 3.05 bits per heavy atom. The van der Waals surface area contributed by atoms with E-state index in [-0.39, 0.29) is 12.0 Å². The second-order valence-electron chi connectivity index (χ2n) is 4.97. The van der Waals surface area contributed by atoms with E-state index in [0.29, 0.717) is 12.4 Å². The molecule has 1 saturated heterocycles. The number of rotatable bonds is 3. The Kier molecular flexibility index (Phi) is 3.52. The molecule has 5 nitrogen and oxygen atoms in total. The third-order valence-corrected chi connectivity index (χ3v) is 3.49. The van der Waals surface area contributed by atoms with Crippen molar-refractivity contribution in [3.05, 3.63) is 35.9 Å². The average molecular weight is 271 g/mol. The van der Waals surface area contributed by atoms with Crippen molar-refractivity contribution >= 4 is 11.7 Å². The molecule has 1 amide bonds. The van der Waals surface area contributed by atoms with E-state index >= 15 is 0 Å². The first-order valence-electron chi connectivity index (χ1n) is 6.78. The molecule has 1 aromatic carbocycles. The SMILES string of the molecule is Cc1ccccc1-c1cc(NC(=O)C2CCCO2)n[nH]1. The minimum atomic E-state index is -0.339. The molecule has 0 radical (unpaired) electrons. The number of ether oxygens (including phenoxy) is 1. The second kappa shape index (κ2) is 5.46. The summed E-state index contributed by atoms with van der Waals surface area (Å²) in [7, 11) is 0. The van der Waals surface area contributed by atoms with Crippen molar-refractivity contribution < 1.29 is 9.53 Å². The lowest BCUT2D eigenvalue weighted by atomic mass is 10.1. The van der Waals surface area contributed by atoms with Crippen LogP contribution in [0.5, 0.6) is 0 Å². The average Bonchev–Trinajstić information content (AvgIpc) is 3.10. The summed E-state index contributed by atoms with van der Waals surface area (Å²) >= 11 is 0. The lowest BCUT2D eigenvalue weighted by Crippen LogP contribution is -2.26. The zero-order chi connectivity index (χ0) is 13.9. The standard InChI is InChI=1S/C15H17N3O2/c1-10-5-2-3-6-11(10)12-9-14(18-17-12)16-15(19)13-7-4-8-20-13/h2-3,5-6,9,13H,4,7-8H2,1H3,(H2,16,17,18,19). The van der Waals surface area contributed by atoms with Crippen LogP contribution in [-0.4, -0.2) is 28.8 Å². The van der Waals surface area contributed by atoms with Gasteiger partial charge in [0.2, 0.25) is 0 Å². The van der Waals surface area contributed by atoms with Gasteiger partial charge < -0.3 is 10.1 Å². The summed E-state index contributed by atoms with van der Waals surface area (Å²) in [5.41, 5.74) is 3.14. The molecule has 1 aliphatic rings. The van der Waals surface area contributed by atoms with Crippen molar-refractivity contribution in [2.45, 2.75) is 25.9 Å². The number of carbonyl (C=O) groups is 1. The summed E-state index contributed by atoms with van der Waals surface area (Å²) in [6, 6.07) is 9.88. The quantitative estimate of drug-likeness (QED) is 0.901. The topological polar surface area (TPSA) is 67.0 Å². The van der Waals surface area contributed by atoms with Gasteiger partial charge in [-0.1, -0.05) is 24.3 Å². The Morgan fingerprint density at radius 1 is 1.45 bits per heavy atom. The smallest absolute Gasteiger partial charge is 0.254 e. The molecule has 1 aliphatic heterocycles. The second-order valence-corrected chi connectivity index (χ2v) is 4.97. The molecule has 3 rings (SSSR count). The van der Waals surface area contributed by atoms with Crippen molar-refractivity contribution in [1.29, 1.82) is 0 Å². The number of nitrogens with one attached hydrogen (secondary N) is 2. The molecule has 1 aromatic heterocycles. The summed E-state index contributed by atoms with van der Waals surface area (Å²) in [6.45, 7) is 2.70. The molecular formula is C15H17N3O2. The fourth-order valence-corrected chi connectivity index (χ4v) is 2.39. The van der Waals surface area contributed by atoms with Crippen LogP contribution in [0.15, 0.2) is 30.3 Å². The van der Waals surface area contributed by atoms with Gasteiger partial charge in [-0.05, 0) is 25.3 Å². The van der Waals surface area contributed by atoms with E-state index < -0.39 is 0 Å². The number of hydrogen-bond acceptors (Lipinski definition) is 3. The van der Waals surface area contributed by atoms with Crippen molar-refractivity contribution in [3.63, 3.8) is 0 Å². The van der Waals surface area contributed by atoms with E-state index in [1.165, 1.54) is 0 Å². The van der Waals surface area contributed by atoms with Crippen LogP contribution >= 0.6 is 0 Å². The number of hydrogen-bond donors (Lipinski definition) is 2. The van der Waals surface area contributed by atoms with Crippen LogP contribution < -0.4 is 5.32 Å². The van der Waals surface area contributed by atoms with Gasteiger partial charge in [0.1, 0.15) is 6.10 Å². The maximum Gasteiger partial charge on any atom is 0.254 e. The minimum Gasteiger partial charge on any atom is -0.368 e. The molecule has 20 heavy (non-hydrogen) atoms. The monoisotopic (exact) mass is 271 g/mol. The normalized spacial score (nSPS) is 18.1. The number of amides is 1. The first-order valence-corrected chi connectivity index (χ1v) is 6.78. The van der Waals surface area contributed by atoms with Gasteiger partial charge in [-0.25, -0.2) is 0 Å². The van der Waals surface area contributed by atoms with E-state index in [2.05, 4.69) is 15.5 Å². The summed E-state index contributed by atoms with van der Waals surface area (Å²) in [6.07, 6.45) is 1.38. The van der Waals surface area contributed by atoms with E-state index in [9.17, 15) is 4.79 Å². The molecule has 1 atom stereocenters. The number of aromatic nitrogens is 2. The Labute approximate surface area is 117 Å². The summed E-state index contributed by atoms with van der Waals surface area (Å²) in [4.78, 5) is 11.9. The predicted molar refractivity (Wildman–Crippen MR) is 76.4 cm³/mol. The van der Waals surface area contributed by atoms with Crippen LogP contribution in [0.2, 0.25) is 0 Å². The zero-order valence-corrected chi connectivity index (χ0v) is 11.3. The van der Waals surface area contributed by atoms with Crippen LogP contribution in [0.3, 0.4) is 0 Å². The number of H-pyrrole nitrogens is 1. The third kappa shape index (κ3) is 2.58. The van der Waals surface area contributed by atoms with E-state index in [1.54, 1.807) is 0 Å². The van der Waals surface area contributed by atoms with Gasteiger partial charge in [-0.3, -0.25) is 9.89 Å². The van der Waals surface area contributed by atoms with Crippen molar-refractivity contribution in [2.75, 3.05) is 11.9 Å². The zero-order valence-electron chi connectivity index (χ0n) is 11.3. The fraction of sp³-hybridized carbons (Fsp3) is 0.333. The largest absolute Gasteiger partial charge is 0.368 e. The Morgan fingerprint density at radius 2 is 2.30 bits per heavy atom. The number of carbonyl (C=O) groups excluding carboxylic acids is 1. The maximum atomic E-state index is 11.9. The molecule has 2 heterocycles. The van der Waals surface area contributed by atoms with Gasteiger partial charge in [-0.2, -0.15) is 5.10 Å². The maximum absolute atomic E-state index is 11.9. The Bertz CT molecular complexity index is 615. The molecule has 0 aliphatic carbocycles. The molecule has 2 aromatic rings. The predicted octanol–water partition coefficient (Wildman–Crippen LogP) is 2.50. The molecule has 104 valence electrons. The van der Waals surface area contributed by atoms with E-state index in [0.717, 1.165) is 29.7 Å². The van der Waals surface area contributed by atoms with Gasteiger partial charge >= 0.3 is 0 Å². The summed E-state index contributed by atoms with van der Waals surface area (Å²) in [5, 5.41) is 9.87. The molecular weight excluding hydrogens is 254 g/mol. The number of aryl methyl sites for hydroxylation is 1. The molecule has 1 unspecified atom stereocenters. The number of nitrogens with zero attached hydrogens (tertiary/aromatic N) is 1. The molecule has 0 saturated carbocycles. The molecule has 1 fully saturated rings. The Hall–Kier alpha value is -2.14. The van der Waals surface area contributed by atoms with E-state index in [4.69, 9.17) is 4.74 Å². The van der Waals surface area contributed by atoms with E-state index in [1.807, 2.05) is 37.3 Å². The first-order chi connectivity index (χ1) is 9.74. The van der Waals surface area contributed by atoms with Crippen molar-refractivity contribution in [1.82, 2.24) is 10.2 Å². The van der Waals surface area contributed by atoms with Crippen LogP contribution in [0.1, 0.15) is 18.4 Å². The van der Waals surface area contributed by atoms with Crippen LogP contribution in [0.4, 0.5) is 5.82 Å². The van der Waals surface area contributed by atoms with Gasteiger partial charge in [0.15, 0.2) is 5.82 Å². The first kappa shape index (κ1) is 12.9. The summed E-state index contributed by atoms with van der Waals surface area (Å²) < 4.78 is 5.35. The van der Waals surface area contributed by atoms with Crippen LogP contribution in [0, 0.1) is 6.92 Å². The molecule has 2 N–H and O–H groups in total. The van der Waals surface area contributed by atoms with Crippen molar-refractivity contribution in [2.24, 2.45) is 0 Å². The van der Waals surface area contributed by atoms with Gasteiger partial charge in [0.05, 0.1) is 5.69 Å². The van der Waals surface area contributed by atoms with Crippen LogP contribution in [-0.2, 0) is 9.53 Å². The highest BCUT2D eigenvalue weighted by atomic mass is 16.5. The number of aromatic amines is 1. The minimum absolute atomic E-state index is 0.120. The third-order valence-electron chi connectivity index (χ3n) is 3.49. The molecule has 0 spiro atoms. The number of benzene rings is 1. The van der Waals surface area contributed by atoms with Gasteiger partial charge in [0.25, 0.3) is 5.91 Å². The number of anilines is 1. The van der Waals surface area contributed by atoms with Crippen molar-refractivity contribution in [3.8, 4) is 11.3 Å². The highest BCUT2D eigenvalue weighted by Gasteiger charge is 2.24. The Balaban J connectivity index is 1.74. The highest BCUT2D eigenvalue weighted by Crippen LogP contribution is 2.23. The summed E-state index contributed by atoms with van der Waals surface area (Å²) in [5.74, 6) is 0.411. The van der Waals surface area contributed by atoms with Gasteiger partial charge in [0, 0.05) is 18.2 Å². The van der Waals surface area contributed by atoms with Gasteiger partial charge in [-0.15, -0.1) is 0 Å². The molecule has 5 heteroatoms.